The van der Waals surface area contributed by atoms with E-state index in [1.54, 1.807) is 12.1 Å². The van der Waals surface area contributed by atoms with E-state index in [2.05, 4.69) is 5.32 Å². The van der Waals surface area contributed by atoms with Gasteiger partial charge in [0, 0.05) is 5.69 Å². The third-order valence-corrected chi connectivity index (χ3v) is 4.94. The van der Waals surface area contributed by atoms with Crippen LogP contribution in [0.2, 0.25) is 5.02 Å². The largest absolute Gasteiger partial charge is 0.454 e. The molecule has 0 aliphatic carbocycles. The van der Waals surface area contributed by atoms with Gasteiger partial charge in [0.2, 0.25) is 0 Å². The number of rotatable bonds is 7. The SMILES string of the molecule is CC(C)CC(C(=O)OCC(=O)Nc1ccc(F)c(Cl)c1)N1C(=O)c2ccccc2C1=O. The first-order valence-corrected chi connectivity index (χ1v) is 9.95. The number of nitrogens with one attached hydrogen (secondary N) is 1. The molecule has 1 aliphatic rings. The summed E-state index contributed by atoms with van der Waals surface area (Å²) in [4.78, 5) is 51.2. The van der Waals surface area contributed by atoms with Gasteiger partial charge < -0.3 is 10.1 Å². The number of carbonyl (C=O) groups is 4. The minimum atomic E-state index is -1.17. The van der Waals surface area contributed by atoms with Gasteiger partial charge in [-0.3, -0.25) is 19.3 Å². The van der Waals surface area contributed by atoms with Gasteiger partial charge >= 0.3 is 5.97 Å². The Balaban J connectivity index is 1.69. The number of carbonyl (C=O) groups excluding carboxylic acids is 4. The molecule has 9 heteroatoms. The van der Waals surface area contributed by atoms with Crippen molar-refractivity contribution in [3.8, 4) is 0 Å². The van der Waals surface area contributed by atoms with Crippen LogP contribution in [0, 0.1) is 11.7 Å². The second-order valence-electron chi connectivity index (χ2n) is 7.46. The van der Waals surface area contributed by atoms with Gasteiger partial charge in [0.05, 0.1) is 16.1 Å². The number of hydrogen-bond donors (Lipinski definition) is 1. The molecule has 2 aromatic carbocycles. The van der Waals surface area contributed by atoms with Crippen LogP contribution in [-0.2, 0) is 14.3 Å². The molecule has 1 aliphatic heterocycles. The molecule has 0 radical (unpaired) electrons. The lowest BCUT2D eigenvalue weighted by Crippen LogP contribution is -2.46. The summed E-state index contributed by atoms with van der Waals surface area (Å²) in [5.41, 5.74) is 0.673. The minimum absolute atomic E-state index is 0.0305. The summed E-state index contributed by atoms with van der Waals surface area (Å²) in [6.45, 7) is 3.03. The first kappa shape index (κ1) is 22.4. The fraction of sp³-hybridized carbons (Fsp3) is 0.273. The smallest absolute Gasteiger partial charge is 0.329 e. The number of halogens is 2. The molecule has 1 unspecified atom stereocenters. The number of benzene rings is 2. The molecule has 2 aromatic rings. The summed E-state index contributed by atoms with van der Waals surface area (Å²) in [6.07, 6.45) is 0.180. The Bertz CT molecular complexity index is 1020. The average molecular weight is 447 g/mol. The van der Waals surface area contributed by atoms with Gasteiger partial charge in [-0.05, 0) is 42.7 Å². The number of amides is 3. The van der Waals surface area contributed by atoms with Crippen LogP contribution in [0.3, 0.4) is 0 Å². The van der Waals surface area contributed by atoms with Crippen LogP contribution in [-0.4, -0.2) is 41.2 Å². The third-order valence-electron chi connectivity index (χ3n) is 4.65. The predicted octanol–water partition coefficient (Wildman–Crippen LogP) is 3.67. The van der Waals surface area contributed by atoms with E-state index in [0.29, 0.717) is 0 Å². The molecule has 1 N–H and O–H groups in total. The maximum atomic E-state index is 13.2. The second-order valence-corrected chi connectivity index (χ2v) is 7.86. The molecular weight excluding hydrogens is 427 g/mol. The highest BCUT2D eigenvalue weighted by molar-refractivity contribution is 6.31. The topological polar surface area (TPSA) is 92.8 Å². The van der Waals surface area contributed by atoms with Gasteiger partial charge in [-0.15, -0.1) is 0 Å². The Hall–Kier alpha value is -3.26. The number of nitrogens with zero attached hydrogens (tertiary/aromatic N) is 1. The number of esters is 1. The molecule has 31 heavy (non-hydrogen) atoms. The predicted molar refractivity (Wildman–Crippen MR) is 111 cm³/mol. The summed E-state index contributed by atoms with van der Waals surface area (Å²) < 4.78 is 18.3. The quantitative estimate of drug-likeness (QED) is 0.517. The lowest BCUT2D eigenvalue weighted by molar-refractivity contribution is -0.151. The van der Waals surface area contributed by atoms with Crippen molar-refractivity contribution >= 4 is 41.0 Å². The highest BCUT2D eigenvalue weighted by Crippen LogP contribution is 2.27. The molecule has 0 bridgehead atoms. The molecule has 1 atom stereocenters. The first-order chi connectivity index (χ1) is 14.7. The van der Waals surface area contributed by atoms with Crippen molar-refractivity contribution in [2.24, 2.45) is 5.92 Å². The molecule has 0 aromatic heterocycles. The Morgan fingerprint density at radius 3 is 2.26 bits per heavy atom. The lowest BCUT2D eigenvalue weighted by atomic mass is 10.0. The standard InChI is InChI=1S/C22H20ClFN2O5/c1-12(2)9-18(26-20(28)14-5-3-4-6-15(14)21(26)29)22(30)31-11-19(27)25-13-7-8-17(24)16(23)10-13/h3-8,10,12,18H,9,11H2,1-2H3,(H,25,27). The van der Waals surface area contributed by atoms with Gasteiger partial charge in [-0.2, -0.15) is 0 Å². The highest BCUT2D eigenvalue weighted by Gasteiger charge is 2.43. The van der Waals surface area contributed by atoms with Crippen LogP contribution in [0.1, 0.15) is 41.0 Å². The molecule has 0 fully saturated rings. The van der Waals surface area contributed by atoms with Crippen molar-refractivity contribution in [2.75, 3.05) is 11.9 Å². The van der Waals surface area contributed by atoms with Gasteiger partial charge in [-0.1, -0.05) is 37.6 Å². The van der Waals surface area contributed by atoms with E-state index in [0.717, 1.165) is 11.0 Å². The van der Waals surface area contributed by atoms with Crippen LogP contribution >= 0.6 is 11.6 Å². The Morgan fingerprint density at radius 1 is 1.10 bits per heavy atom. The average Bonchev–Trinajstić information content (AvgIpc) is 2.98. The van der Waals surface area contributed by atoms with E-state index in [9.17, 15) is 23.6 Å². The zero-order chi connectivity index (χ0) is 22.7. The van der Waals surface area contributed by atoms with E-state index in [4.69, 9.17) is 16.3 Å². The highest BCUT2D eigenvalue weighted by atomic mass is 35.5. The third kappa shape index (κ3) is 4.91. The van der Waals surface area contributed by atoms with E-state index < -0.39 is 42.2 Å². The number of hydrogen-bond acceptors (Lipinski definition) is 5. The Kier molecular flexibility index (Phi) is 6.70. The van der Waals surface area contributed by atoms with Crippen molar-refractivity contribution in [2.45, 2.75) is 26.3 Å². The second kappa shape index (κ2) is 9.26. The van der Waals surface area contributed by atoms with E-state index in [1.165, 1.54) is 24.3 Å². The van der Waals surface area contributed by atoms with Crippen LogP contribution in [0.4, 0.5) is 10.1 Å². The van der Waals surface area contributed by atoms with Crippen molar-refractivity contribution in [3.05, 3.63) is 64.4 Å². The fourth-order valence-corrected chi connectivity index (χ4v) is 3.43. The molecule has 0 spiro atoms. The van der Waals surface area contributed by atoms with E-state index >= 15 is 0 Å². The summed E-state index contributed by atoms with van der Waals surface area (Å²) in [7, 11) is 0. The number of fused-ring (bicyclic) bond motifs is 1. The molecular formula is C22H20ClFN2O5. The molecule has 1 heterocycles. The molecule has 0 saturated carbocycles. The van der Waals surface area contributed by atoms with Crippen molar-refractivity contribution in [3.63, 3.8) is 0 Å². The number of imide groups is 1. The number of anilines is 1. The summed E-state index contributed by atoms with van der Waals surface area (Å²) in [6, 6.07) is 8.76. The normalized spacial score (nSPS) is 13.9. The summed E-state index contributed by atoms with van der Waals surface area (Å²) >= 11 is 5.67. The van der Waals surface area contributed by atoms with E-state index in [-0.39, 0.29) is 34.2 Å². The Labute approximate surface area is 183 Å². The van der Waals surface area contributed by atoms with Crippen LogP contribution < -0.4 is 5.32 Å². The van der Waals surface area contributed by atoms with Crippen LogP contribution in [0.5, 0.6) is 0 Å². The van der Waals surface area contributed by atoms with Gasteiger partial charge in [0.1, 0.15) is 11.9 Å². The molecule has 0 saturated heterocycles. The molecule has 3 rings (SSSR count). The lowest BCUT2D eigenvalue weighted by Gasteiger charge is -2.25. The minimum Gasteiger partial charge on any atom is -0.454 e. The van der Waals surface area contributed by atoms with Crippen LogP contribution in [0.25, 0.3) is 0 Å². The molecule has 162 valence electrons. The zero-order valence-electron chi connectivity index (χ0n) is 16.9. The van der Waals surface area contributed by atoms with E-state index in [1.807, 2.05) is 13.8 Å². The molecule has 3 amide bonds. The summed E-state index contributed by atoms with van der Waals surface area (Å²) in [5.74, 6) is -3.36. The van der Waals surface area contributed by atoms with Gasteiger partial charge in [-0.25, -0.2) is 9.18 Å². The monoisotopic (exact) mass is 446 g/mol. The van der Waals surface area contributed by atoms with Crippen LogP contribution in [0.15, 0.2) is 42.5 Å². The fourth-order valence-electron chi connectivity index (χ4n) is 3.25. The van der Waals surface area contributed by atoms with Crippen molar-refractivity contribution in [1.29, 1.82) is 0 Å². The maximum absolute atomic E-state index is 13.2. The zero-order valence-corrected chi connectivity index (χ0v) is 17.6. The first-order valence-electron chi connectivity index (χ1n) is 9.57. The van der Waals surface area contributed by atoms with Gasteiger partial charge in [0.25, 0.3) is 17.7 Å². The van der Waals surface area contributed by atoms with Crippen molar-refractivity contribution < 1.29 is 28.3 Å². The van der Waals surface area contributed by atoms with Crippen molar-refractivity contribution in [1.82, 2.24) is 4.90 Å². The van der Waals surface area contributed by atoms with Gasteiger partial charge in [0.15, 0.2) is 6.61 Å². The summed E-state index contributed by atoms with van der Waals surface area (Å²) in [5, 5.41) is 2.26. The maximum Gasteiger partial charge on any atom is 0.329 e. The number of ether oxygens (including phenoxy) is 1. The molecule has 7 nitrogen and oxygen atoms in total. The Morgan fingerprint density at radius 2 is 1.71 bits per heavy atom.